The summed E-state index contributed by atoms with van der Waals surface area (Å²) in [6.07, 6.45) is 7.00. The minimum atomic E-state index is 0.746. The molecule has 102 valence electrons. The van der Waals surface area contributed by atoms with Crippen LogP contribution in [0.1, 0.15) is 55.7 Å². The summed E-state index contributed by atoms with van der Waals surface area (Å²) in [6.45, 7) is 8.02. The topological polar surface area (TPSA) is 12.0 Å². The summed E-state index contributed by atoms with van der Waals surface area (Å²) < 4.78 is 0. The van der Waals surface area contributed by atoms with Crippen molar-refractivity contribution in [1.82, 2.24) is 5.32 Å². The number of aryl methyl sites for hydroxylation is 1. The largest absolute Gasteiger partial charge is 0.309 e. The van der Waals surface area contributed by atoms with Gasteiger partial charge in [0, 0.05) is 22.3 Å². The zero-order valence-electron chi connectivity index (χ0n) is 12.0. The standard InChI is InChI=1S/C16H27NS/c1-12(2)14-5-4-6-15(9-8-14)17-11-16-10-7-13(3)18-16/h7,10,12,14-15,17H,4-6,8-9,11H2,1-3H3. The predicted octanol–water partition coefficient (Wildman–Crippen LogP) is 4.75. The Morgan fingerprint density at radius 2 is 2.06 bits per heavy atom. The van der Waals surface area contributed by atoms with Crippen LogP contribution in [-0.4, -0.2) is 6.04 Å². The van der Waals surface area contributed by atoms with Crippen molar-refractivity contribution in [3.05, 3.63) is 21.9 Å². The third kappa shape index (κ3) is 4.10. The molecular formula is C16H27NS. The molecule has 18 heavy (non-hydrogen) atoms. The van der Waals surface area contributed by atoms with E-state index in [1.54, 1.807) is 0 Å². The Morgan fingerprint density at radius 1 is 1.22 bits per heavy atom. The van der Waals surface area contributed by atoms with Crippen LogP contribution in [0.15, 0.2) is 12.1 Å². The van der Waals surface area contributed by atoms with Crippen LogP contribution >= 0.6 is 11.3 Å². The Hall–Kier alpha value is -0.340. The average Bonchev–Trinajstić information content (AvgIpc) is 2.62. The van der Waals surface area contributed by atoms with E-state index < -0.39 is 0 Å². The summed E-state index contributed by atoms with van der Waals surface area (Å²) in [6, 6.07) is 5.24. The molecule has 1 heterocycles. The molecular weight excluding hydrogens is 238 g/mol. The molecule has 1 fully saturated rings. The van der Waals surface area contributed by atoms with Crippen LogP contribution in [0.4, 0.5) is 0 Å². The van der Waals surface area contributed by atoms with Crippen molar-refractivity contribution in [3.8, 4) is 0 Å². The Bertz CT molecular complexity index is 356. The minimum Gasteiger partial charge on any atom is -0.309 e. The van der Waals surface area contributed by atoms with Gasteiger partial charge in [-0.2, -0.15) is 0 Å². The molecule has 0 bridgehead atoms. The molecule has 1 aliphatic carbocycles. The van der Waals surface area contributed by atoms with Gasteiger partial charge in [-0.15, -0.1) is 11.3 Å². The van der Waals surface area contributed by atoms with Crippen molar-refractivity contribution in [1.29, 1.82) is 0 Å². The first-order valence-electron chi connectivity index (χ1n) is 7.44. The smallest absolute Gasteiger partial charge is 0.0302 e. The Balaban J connectivity index is 1.77. The fraction of sp³-hybridized carbons (Fsp3) is 0.750. The highest BCUT2D eigenvalue weighted by Gasteiger charge is 2.20. The minimum absolute atomic E-state index is 0.746. The molecule has 2 atom stereocenters. The molecule has 1 aromatic rings. The van der Waals surface area contributed by atoms with Crippen molar-refractivity contribution in [3.63, 3.8) is 0 Å². The molecule has 0 radical (unpaired) electrons. The van der Waals surface area contributed by atoms with E-state index in [0.29, 0.717) is 0 Å². The molecule has 0 aliphatic heterocycles. The predicted molar refractivity (Wildman–Crippen MR) is 81.1 cm³/mol. The van der Waals surface area contributed by atoms with Crippen LogP contribution in [0.5, 0.6) is 0 Å². The molecule has 2 heteroatoms. The van der Waals surface area contributed by atoms with E-state index in [2.05, 4.69) is 38.2 Å². The van der Waals surface area contributed by atoms with Crippen molar-refractivity contribution < 1.29 is 0 Å². The molecule has 1 saturated carbocycles. The lowest BCUT2D eigenvalue weighted by molar-refractivity contribution is 0.338. The molecule has 2 rings (SSSR count). The van der Waals surface area contributed by atoms with Crippen molar-refractivity contribution in [2.24, 2.45) is 11.8 Å². The molecule has 1 N–H and O–H groups in total. The maximum absolute atomic E-state index is 3.76. The maximum Gasteiger partial charge on any atom is 0.0302 e. The van der Waals surface area contributed by atoms with E-state index in [9.17, 15) is 0 Å². The zero-order valence-corrected chi connectivity index (χ0v) is 12.9. The van der Waals surface area contributed by atoms with Crippen LogP contribution in [0.2, 0.25) is 0 Å². The summed E-state index contributed by atoms with van der Waals surface area (Å²) in [5, 5.41) is 3.76. The Labute approximate surface area is 116 Å². The quantitative estimate of drug-likeness (QED) is 0.775. The summed E-state index contributed by atoms with van der Waals surface area (Å²) in [4.78, 5) is 2.91. The second-order valence-electron chi connectivity index (χ2n) is 6.10. The Kier molecular flexibility index (Phi) is 5.25. The van der Waals surface area contributed by atoms with Gasteiger partial charge in [-0.3, -0.25) is 0 Å². The summed E-state index contributed by atoms with van der Waals surface area (Å²) in [5.41, 5.74) is 0. The first kappa shape index (κ1) is 14.1. The fourth-order valence-electron chi connectivity index (χ4n) is 3.03. The van der Waals surface area contributed by atoms with Gasteiger partial charge in [0.15, 0.2) is 0 Å². The third-order valence-electron chi connectivity index (χ3n) is 4.32. The maximum atomic E-state index is 3.76. The molecule has 0 amide bonds. The number of hydrogen-bond acceptors (Lipinski definition) is 2. The molecule has 0 spiro atoms. The number of hydrogen-bond donors (Lipinski definition) is 1. The van der Waals surface area contributed by atoms with Gasteiger partial charge in [0.05, 0.1) is 0 Å². The van der Waals surface area contributed by atoms with Crippen molar-refractivity contribution in [2.75, 3.05) is 0 Å². The molecule has 1 nitrogen and oxygen atoms in total. The van der Waals surface area contributed by atoms with Crippen molar-refractivity contribution >= 4 is 11.3 Å². The van der Waals surface area contributed by atoms with Gasteiger partial charge in [0.2, 0.25) is 0 Å². The summed E-state index contributed by atoms with van der Waals surface area (Å²) >= 11 is 1.92. The van der Waals surface area contributed by atoms with E-state index in [0.717, 1.165) is 24.4 Å². The lowest BCUT2D eigenvalue weighted by Crippen LogP contribution is -2.27. The van der Waals surface area contributed by atoms with E-state index in [1.807, 2.05) is 11.3 Å². The van der Waals surface area contributed by atoms with Gasteiger partial charge in [0.1, 0.15) is 0 Å². The second kappa shape index (κ2) is 6.72. The number of thiophene rings is 1. The van der Waals surface area contributed by atoms with Crippen LogP contribution in [0.25, 0.3) is 0 Å². The van der Waals surface area contributed by atoms with Crippen LogP contribution < -0.4 is 5.32 Å². The summed E-state index contributed by atoms with van der Waals surface area (Å²) in [7, 11) is 0. The van der Waals surface area contributed by atoms with E-state index in [-0.39, 0.29) is 0 Å². The summed E-state index contributed by atoms with van der Waals surface area (Å²) in [5.74, 6) is 1.82. The van der Waals surface area contributed by atoms with Crippen LogP contribution in [-0.2, 0) is 6.54 Å². The second-order valence-corrected chi connectivity index (χ2v) is 7.47. The zero-order chi connectivity index (χ0) is 13.0. The molecule has 1 aromatic heterocycles. The lowest BCUT2D eigenvalue weighted by atomic mass is 9.89. The van der Waals surface area contributed by atoms with Gasteiger partial charge >= 0.3 is 0 Å². The molecule has 0 aromatic carbocycles. The van der Waals surface area contributed by atoms with Gasteiger partial charge in [-0.1, -0.05) is 26.7 Å². The fourth-order valence-corrected chi connectivity index (χ4v) is 3.87. The Morgan fingerprint density at radius 3 is 2.72 bits per heavy atom. The van der Waals surface area contributed by atoms with Gasteiger partial charge in [0.25, 0.3) is 0 Å². The first-order valence-corrected chi connectivity index (χ1v) is 8.25. The van der Waals surface area contributed by atoms with Gasteiger partial charge in [-0.05, 0) is 50.2 Å². The lowest BCUT2D eigenvalue weighted by Gasteiger charge is -2.19. The monoisotopic (exact) mass is 265 g/mol. The highest BCUT2D eigenvalue weighted by molar-refractivity contribution is 7.11. The van der Waals surface area contributed by atoms with E-state index >= 15 is 0 Å². The average molecular weight is 265 g/mol. The number of rotatable bonds is 4. The van der Waals surface area contributed by atoms with E-state index in [1.165, 1.54) is 41.9 Å². The molecule has 1 aliphatic rings. The normalized spacial score (nSPS) is 25.3. The third-order valence-corrected chi connectivity index (χ3v) is 5.32. The molecule has 0 saturated heterocycles. The number of nitrogens with one attached hydrogen (secondary N) is 1. The van der Waals surface area contributed by atoms with Crippen LogP contribution in [0.3, 0.4) is 0 Å². The highest BCUT2D eigenvalue weighted by atomic mass is 32.1. The van der Waals surface area contributed by atoms with Gasteiger partial charge < -0.3 is 5.32 Å². The van der Waals surface area contributed by atoms with Crippen molar-refractivity contribution in [2.45, 2.75) is 65.5 Å². The SMILES string of the molecule is Cc1ccc(CNC2CCCC(C(C)C)CC2)s1. The van der Waals surface area contributed by atoms with Gasteiger partial charge in [-0.25, -0.2) is 0 Å². The molecule has 2 unspecified atom stereocenters. The van der Waals surface area contributed by atoms with Crippen LogP contribution in [0, 0.1) is 18.8 Å². The van der Waals surface area contributed by atoms with E-state index in [4.69, 9.17) is 0 Å². The highest BCUT2D eigenvalue weighted by Crippen LogP contribution is 2.29. The first-order chi connectivity index (χ1) is 8.65.